The third kappa shape index (κ3) is 5.98. The van der Waals surface area contributed by atoms with Crippen LogP contribution < -0.4 is 19.1 Å². The van der Waals surface area contributed by atoms with E-state index in [1.54, 1.807) is 30.3 Å². The van der Waals surface area contributed by atoms with E-state index >= 15 is 0 Å². The van der Waals surface area contributed by atoms with Gasteiger partial charge in [0.15, 0.2) is 11.5 Å². The number of methoxy groups -OCH3 is 2. The van der Waals surface area contributed by atoms with E-state index < -0.39 is 28.5 Å². The fourth-order valence-electron chi connectivity index (χ4n) is 4.12. The SMILES string of the molecule is COc1ccc(N(CC(=O)NC(c2ccccc2)c2ccccc2)S(=O)(=O)c2ccc(C)cc2)cc1OC. The molecular formula is C30H30N2O5S. The zero-order chi connectivity index (χ0) is 27.1. The van der Waals surface area contributed by atoms with Crippen molar-refractivity contribution in [3.05, 3.63) is 120 Å². The Hall–Kier alpha value is -4.30. The zero-order valence-corrected chi connectivity index (χ0v) is 22.3. The lowest BCUT2D eigenvalue weighted by Gasteiger charge is -2.27. The zero-order valence-electron chi connectivity index (χ0n) is 21.5. The van der Waals surface area contributed by atoms with E-state index in [1.165, 1.54) is 26.4 Å². The van der Waals surface area contributed by atoms with Crippen LogP contribution in [0.2, 0.25) is 0 Å². The molecule has 196 valence electrons. The van der Waals surface area contributed by atoms with Crippen LogP contribution in [-0.4, -0.2) is 35.1 Å². The quantitative estimate of drug-likeness (QED) is 0.308. The summed E-state index contributed by atoms with van der Waals surface area (Å²) in [6.07, 6.45) is 0. The predicted molar refractivity (Wildman–Crippen MR) is 148 cm³/mol. The maximum absolute atomic E-state index is 13.8. The summed E-state index contributed by atoms with van der Waals surface area (Å²) in [6.45, 7) is 1.44. The van der Waals surface area contributed by atoms with Crippen molar-refractivity contribution in [3.8, 4) is 11.5 Å². The van der Waals surface area contributed by atoms with Crippen molar-refractivity contribution < 1.29 is 22.7 Å². The summed E-state index contributed by atoms with van der Waals surface area (Å²) in [5.74, 6) is 0.329. The molecule has 7 nitrogen and oxygen atoms in total. The maximum atomic E-state index is 13.8. The van der Waals surface area contributed by atoms with Gasteiger partial charge in [0.2, 0.25) is 5.91 Å². The first-order chi connectivity index (χ1) is 18.3. The Morgan fingerprint density at radius 3 is 1.87 bits per heavy atom. The van der Waals surface area contributed by atoms with Gasteiger partial charge in [-0.25, -0.2) is 8.42 Å². The molecule has 0 aromatic heterocycles. The normalized spacial score (nSPS) is 11.2. The molecule has 0 atom stereocenters. The van der Waals surface area contributed by atoms with Gasteiger partial charge < -0.3 is 14.8 Å². The molecule has 1 N–H and O–H groups in total. The molecule has 4 aromatic carbocycles. The number of carbonyl (C=O) groups is 1. The lowest BCUT2D eigenvalue weighted by molar-refractivity contribution is -0.120. The van der Waals surface area contributed by atoms with Crippen LogP contribution in [0.4, 0.5) is 5.69 Å². The molecule has 0 unspecified atom stereocenters. The van der Waals surface area contributed by atoms with E-state index in [2.05, 4.69) is 5.32 Å². The van der Waals surface area contributed by atoms with Crippen LogP contribution in [0.15, 0.2) is 108 Å². The number of hydrogen-bond donors (Lipinski definition) is 1. The van der Waals surface area contributed by atoms with E-state index in [0.29, 0.717) is 11.5 Å². The molecule has 0 spiro atoms. The molecule has 0 aliphatic carbocycles. The number of anilines is 1. The van der Waals surface area contributed by atoms with Crippen LogP contribution in [0.5, 0.6) is 11.5 Å². The van der Waals surface area contributed by atoms with Gasteiger partial charge in [0.1, 0.15) is 6.54 Å². The molecule has 0 radical (unpaired) electrons. The van der Waals surface area contributed by atoms with E-state index in [9.17, 15) is 13.2 Å². The highest BCUT2D eigenvalue weighted by molar-refractivity contribution is 7.92. The Kier molecular flexibility index (Phi) is 8.33. The molecule has 0 bridgehead atoms. The van der Waals surface area contributed by atoms with Gasteiger partial charge in [-0.3, -0.25) is 9.10 Å². The number of hydrogen-bond acceptors (Lipinski definition) is 5. The molecule has 0 saturated heterocycles. The van der Waals surface area contributed by atoms with Crippen LogP contribution in [0.25, 0.3) is 0 Å². The number of carbonyl (C=O) groups excluding carboxylic acids is 1. The molecule has 0 saturated carbocycles. The van der Waals surface area contributed by atoms with Gasteiger partial charge in [0.05, 0.1) is 30.8 Å². The van der Waals surface area contributed by atoms with Gasteiger partial charge in [-0.15, -0.1) is 0 Å². The molecule has 8 heteroatoms. The average Bonchev–Trinajstić information content (AvgIpc) is 2.95. The molecule has 0 aliphatic heterocycles. The summed E-state index contributed by atoms with van der Waals surface area (Å²) in [4.78, 5) is 13.6. The number of benzene rings is 4. The summed E-state index contributed by atoms with van der Waals surface area (Å²) in [7, 11) is -1.13. The van der Waals surface area contributed by atoms with Crippen LogP contribution in [0.3, 0.4) is 0 Å². The van der Waals surface area contributed by atoms with E-state index in [1.807, 2.05) is 67.6 Å². The minimum atomic E-state index is -4.10. The first-order valence-electron chi connectivity index (χ1n) is 12.0. The van der Waals surface area contributed by atoms with Gasteiger partial charge in [0, 0.05) is 6.07 Å². The molecule has 4 aromatic rings. The topological polar surface area (TPSA) is 84.9 Å². The Bertz CT molecular complexity index is 1440. The standard InChI is InChI=1S/C30H30N2O5S/c1-22-14-17-26(18-15-22)38(34,35)32(25-16-19-27(36-2)28(20-25)37-3)21-29(33)31-30(23-10-6-4-7-11-23)24-12-8-5-9-13-24/h4-20,30H,21H2,1-3H3,(H,31,33). The van der Waals surface area contributed by atoms with Gasteiger partial charge in [-0.1, -0.05) is 78.4 Å². The number of nitrogens with zero attached hydrogens (tertiary/aromatic N) is 1. The number of amides is 1. The lowest BCUT2D eigenvalue weighted by atomic mass is 9.99. The number of ether oxygens (including phenoxy) is 2. The highest BCUT2D eigenvalue weighted by atomic mass is 32.2. The van der Waals surface area contributed by atoms with E-state index in [-0.39, 0.29) is 10.6 Å². The van der Waals surface area contributed by atoms with Crippen molar-refractivity contribution >= 4 is 21.6 Å². The second-order valence-electron chi connectivity index (χ2n) is 8.69. The molecule has 38 heavy (non-hydrogen) atoms. The number of aryl methyl sites for hydroxylation is 1. The van der Waals surface area contributed by atoms with Crippen LogP contribution >= 0.6 is 0 Å². The molecule has 1 amide bonds. The minimum absolute atomic E-state index is 0.0772. The Balaban J connectivity index is 1.72. The number of nitrogens with one attached hydrogen (secondary N) is 1. The van der Waals surface area contributed by atoms with Gasteiger partial charge in [-0.05, 0) is 42.3 Å². The van der Waals surface area contributed by atoms with Crippen molar-refractivity contribution in [3.63, 3.8) is 0 Å². The lowest BCUT2D eigenvalue weighted by Crippen LogP contribution is -2.42. The van der Waals surface area contributed by atoms with Crippen molar-refractivity contribution in [2.75, 3.05) is 25.1 Å². The van der Waals surface area contributed by atoms with Crippen molar-refractivity contribution in [2.24, 2.45) is 0 Å². The average molecular weight is 531 g/mol. The molecule has 0 fully saturated rings. The highest BCUT2D eigenvalue weighted by Crippen LogP contribution is 2.34. The Morgan fingerprint density at radius 1 is 0.789 bits per heavy atom. The summed E-state index contributed by atoms with van der Waals surface area (Å²) < 4.78 is 39.5. The van der Waals surface area contributed by atoms with Crippen LogP contribution in [0.1, 0.15) is 22.7 Å². The van der Waals surface area contributed by atoms with Gasteiger partial charge >= 0.3 is 0 Å². The summed E-state index contributed by atoms with van der Waals surface area (Å²) >= 11 is 0. The summed E-state index contributed by atoms with van der Waals surface area (Å²) in [5, 5.41) is 3.03. The summed E-state index contributed by atoms with van der Waals surface area (Å²) in [5.41, 5.74) is 2.96. The Morgan fingerprint density at radius 2 is 1.34 bits per heavy atom. The fraction of sp³-hybridized carbons (Fsp3) is 0.167. The highest BCUT2D eigenvalue weighted by Gasteiger charge is 2.29. The second kappa shape index (κ2) is 11.8. The second-order valence-corrected chi connectivity index (χ2v) is 10.5. The molecule has 0 aliphatic rings. The first kappa shape index (κ1) is 26.8. The molecular weight excluding hydrogens is 500 g/mol. The van der Waals surface area contributed by atoms with E-state index in [4.69, 9.17) is 9.47 Å². The monoisotopic (exact) mass is 530 g/mol. The number of rotatable bonds is 10. The van der Waals surface area contributed by atoms with E-state index in [0.717, 1.165) is 21.0 Å². The third-order valence-corrected chi connectivity index (χ3v) is 7.91. The van der Waals surface area contributed by atoms with Gasteiger partial charge in [-0.2, -0.15) is 0 Å². The number of sulfonamides is 1. The molecule has 0 heterocycles. The predicted octanol–water partition coefficient (Wildman–Crippen LogP) is 5.11. The maximum Gasteiger partial charge on any atom is 0.264 e. The molecule has 4 rings (SSSR count). The minimum Gasteiger partial charge on any atom is -0.493 e. The van der Waals surface area contributed by atoms with Crippen molar-refractivity contribution in [2.45, 2.75) is 17.9 Å². The van der Waals surface area contributed by atoms with Crippen LogP contribution in [0, 0.1) is 6.92 Å². The van der Waals surface area contributed by atoms with Crippen molar-refractivity contribution in [1.29, 1.82) is 0 Å². The first-order valence-corrected chi connectivity index (χ1v) is 13.5. The van der Waals surface area contributed by atoms with Crippen molar-refractivity contribution in [1.82, 2.24) is 5.32 Å². The largest absolute Gasteiger partial charge is 0.493 e. The van der Waals surface area contributed by atoms with Crippen LogP contribution in [-0.2, 0) is 14.8 Å². The summed E-state index contributed by atoms with van der Waals surface area (Å²) in [6, 6.07) is 29.9. The smallest absolute Gasteiger partial charge is 0.264 e. The van der Waals surface area contributed by atoms with Gasteiger partial charge in [0.25, 0.3) is 10.0 Å². The Labute approximate surface area is 223 Å². The third-order valence-electron chi connectivity index (χ3n) is 6.12. The fourth-order valence-corrected chi connectivity index (χ4v) is 5.53.